The largest absolute Gasteiger partial charge is 0.488 e. The van der Waals surface area contributed by atoms with E-state index in [1.807, 2.05) is 6.92 Å². The second kappa shape index (κ2) is 13.5. The Morgan fingerprint density at radius 1 is 1.29 bits per heavy atom. The number of anilines is 1. The van der Waals surface area contributed by atoms with Gasteiger partial charge in [-0.05, 0) is 54.7 Å². The van der Waals surface area contributed by atoms with Crippen LogP contribution in [0.15, 0.2) is 65.3 Å². The van der Waals surface area contributed by atoms with Gasteiger partial charge in [0.15, 0.2) is 16.7 Å². The number of pyridine rings is 1. The molecule has 11 nitrogen and oxygen atoms in total. The first kappa shape index (κ1) is 31.7. The predicted molar refractivity (Wildman–Crippen MR) is 171 cm³/mol. The van der Waals surface area contributed by atoms with Crippen LogP contribution in [0.5, 0.6) is 5.75 Å². The van der Waals surface area contributed by atoms with Crippen molar-refractivity contribution in [3.05, 3.63) is 93.5 Å². The lowest BCUT2D eigenvalue weighted by Crippen LogP contribution is -2.29. The number of ether oxygens (including phenoxy) is 2. The molecule has 2 aromatic carbocycles. The predicted octanol–water partition coefficient (Wildman–Crippen LogP) is 4.25. The van der Waals surface area contributed by atoms with Gasteiger partial charge in [0.25, 0.3) is 0 Å². The van der Waals surface area contributed by atoms with E-state index in [2.05, 4.69) is 20.4 Å². The van der Waals surface area contributed by atoms with Gasteiger partial charge in [0.2, 0.25) is 0 Å². The minimum Gasteiger partial charge on any atom is -0.482 e. The van der Waals surface area contributed by atoms with Gasteiger partial charge in [-0.2, -0.15) is 5.10 Å². The average molecular weight is 633 g/mol. The van der Waals surface area contributed by atoms with Crippen molar-refractivity contribution in [1.82, 2.24) is 14.8 Å². The van der Waals surface area contributed by atoms with Crippen molar-refractivity contribution in [2.45, 2.75) is 39.5 Å². The van der Waals surface area contributed by atoms with Crippen molar-refractivity contribution in [1.29, 1.82) is 0 Å². The Labute approximate surface area is 264 Å². The van der Waals surface area contributed by atoms with Gasteiger partial charge in [0.1, 0.15) is 18.5 Å². The molecule has 2 aromatic heterocycles. The third kappa shape index (κ3) is 6.85. The van der Waals surface area contributed by atoms with Crippen LogP contribution in [0.25, 0.3) is 17.0 Å². The van der Waals surface area contributed by atoms with Gasteiger partial charge in [-0.1, -0.05) is 35.9 Å². The van der Waals surface area contributed by atoms with Crippen LogP contribution in [0.1, 0.15) is 42.2 Å². The molecule has 1 aliphatic rings. The highest BCUT2D eigenvalue weighted by Crippen LogP contribution is 2.39. The Bertz CT molecular complexity index is 1790. The fourth-order valence-corrected chi connectivity index (χ4v) is 5.35. The molecule has 0 fully saturated rings. The lowest BCUT2D eigenvalue weighted by atomic mass is 9.80. The quantitative estimate of drug-likeness (QED) is 0.182. The molecule has 232 valence electrons. The van der Waals surface area contributed by atoms with Crippen LogP contribution in [0.2, 0.25) is 5.15 Å². The van der Waals surface area contributed by atoms with Gasteiger partial charge in [-0.25, -0.2) is 14.2 Å². The van der Waals surface area contributed by atoms with Crippen molar-refractivity contribution in [2.24, 2.45) is 10.7 Å². The number of hydrogen-bond donors (Lipinski definition) is 4. The number of hydrogen-bond acceptors (Lipinski definition) is 9. The topological polar surface area (TPSA) is 157 Å². The summed E-state index contributed by atoms with van der Waals surface area (Å²) < 4.78 is 28.0. The number of carbonyl (C=O) groups excluding carboxylic acids is 1. The summed E-state index contributed by atoms with van der Waals surface area (Å²) in [6, 6.07) is 12.2. The van der Waals surface area contributed by atoms with Gasteiger partial charge in [-0.3, -0.25) is 15.0 Å². The molecule has 0 saturated heterocycles. The van der Waals surface area contributed by atoms with E-state index >= 15 is 0 Å². The van der Waals surface area contributed by atoms with Crippen LogP contribution in [-0.4, -0.2) is 51.3 Å². The second-order valence-electron chi connectivity index (χ2n) is 10.3. The number of halogens is 2. The standard InChI is InChI=1S/C31H31BClFN6O5/c1-4-40-28-20-12-26(30(37-15-20)38-31(41)44-16-18-5-7-21(8-6-18)32(42)43)45-17(2)24-13-22(34)9-10-23(24)27(35)19(14-36-3)11-25(28)29(33)39-40/h5-10,12-15,17,42-43H,4,11,16,35H2,1-3H3,(H,37,38,41)/b27-19-,36-14?. The Kier molecular flexibility index (Phi) is 9.52. The zero-order chi connectivity index (χ0) is 32.2. The normalized spacial score (nSPS) is 16.2. The number of aryl methyl sites for hydroxylation is 1. The summed E-state index contributed by atoms with van der Waals surface area (Å²) in [4.78, 5) is 21.6. The molecule has 1 aliphatic heterocycles. The van der Waals surface area contributed by atoms with Gasteiger partial charge in [-0.15, -0.1) is 0 Å². The van der Waals surface area contributed by atoms with Gasteiger partial charge >= 0.3 is 13.2 Å². The molecule has 1 amide bonds. The summed E-state index contributed by atoms with van der Waals surface area (Å²) in [5.74, 6) is -0.209. The Morgan fingerprint density at radius 2 is 2.04 bits per heavy atom. The minimum absolute atomic E-state index is 0.0712. The number of aliphatic imine (C=N–C) groups is 1. The summed E-state index contributed by atoms with van der Waals surface area (Å²) >= 11 is 6.67. The minimum atomic E-state index is -1.60. The molecule has 5 rings (SSSR count). The lowest BCUT2D eigenvalue weighted by molar-refractivity contribution is 0.154. The molecule has 14 heteroatoms. The highest BCUT2D eigenvalue weighted by Gasteiger charge is 2.26. The van der Waals surface area contributed by atoms with E-state index in [0.29, 0.717) is 56.8 Å². The monoisotopic (exact) mass is 632 g/mol. The fraction of sp³-hybridized carbons (Fsp3) is 0.226. The number of amides is 1. The van der Waals surface area contributed by atoms with E-state index in [4.69, 9.17) is 26.8 Å². The van der Waals surface area contributed by atoms with Crippen molar-refractivity contribution >= 4 is 48.0 Å². The molecule has 0 aliphatic carbocycles. The van der Waals surface area contributed by atoms with Gasteiger partial charge < -0.3 is 25.3 Å². The summed E-state index contributed by atoms with van der Waals surface area (Å²) in [7, 11) is 0.0370. The maximum Gasteiger partial charge on any atom is 0.488 e. The molecule has 2 bridgehead atoms. The maximum absolute atomic E-state index is 14.6. The zero-order valence-electron chi connectivity index (χ0n) is 24.8. The van der Waals surface area contributed by atoms with E-state index in [9.17, 15) is 19.2 Å². The molecule has 45 heavy (non-hydrogen) atoms. The smallest absolute Gasteiger partial charge is 0.482 e. The third-order valence-electron chi connectivity index (χ3n) is 7.34. The number of benzene rings is 2. The SMILES string of the molecule is CCn1nc(Cl)c2c1-c1cnc(NC(=O)OCc3ccc(B(O)O)cc3)c(c1)OC(C)c1cc(F)ccc1/C(N)=C(/C=NC)C2. The Hall–Kier alpha value is -4.72. The van der Waals surface area contributed by atoms with Crippen LogP contribution >= 0.6 is 11.6 Å². The number of fused-ring (bicyclic) bond motifs is 5. The van der Waals surface area contributed by atoms with Crippen LogP contribution in [0.3, 0.4) is 0 Å². The van der Waals surface area contributed by atoms with Crippen molar-refractivity contribution in [2.75, 3.05) is 12.4 Å². The zero-order valence-corrected chi connectivity index (χ0v) is 25.5. The average Bonchev–Trinajstić information content (AvgIpc) is 3.34. The first-order valence-electron chi connectivity index (χ1n) is 14.1. The summed E-state index contributed by atoms with van der Waals surface area (Å²) in [5.41, 5.74) is 11.7. The molecule has 3 heterocycles. The van der Waals surface area contributed by atoms with E-state index in [1.165, 1.54) is 24.3 Å². The highest BCUT2D eigenvalue weighted by molar-refractivity contribution is 6.58. The number of carbonyl (C=O) groups is 1. The van der Waals surface area contributed by atoms with Crippen molar-refractivity contribution in [3.63, 3.8) is 0 Å². The van der Waals surface area contributed by atoms with Crippen LogP contribution in [0, 0.1) is 5.82 Å². The van der Waals surface area contributed by atoms with Crippen LogP contribution in [0.4, 0.5) is 15.0 Å². The first-order chi connectivity index (χ1) is 21.6. The number of nitrogens with zero attached hydrogens (tertiary/aromatic N) is 4. The van der Waals surface area contributed by atoms with Gasteiger partial charge in [0, 0.05) is 60.4 Å². The van der Waals surface area contributed by atoms with E-state index in [-0.39, 0.29) is 29.7 Å². The number of allylic oxidation sites excluding steroid dienone is 1. The maximum atomic E-state index is 14.6. The molecule has 1 unspecified atom stereocenters. The molecular weight excluding hydrogens is 602 g/mol. The summed E-state index contributed by atoms with van der Waals surface area (Å²) in [5, 5.41) is 26.0. The van der Waals surface area contributed by atoms with Crippen molar-refractivity contribution < 1.29 is 28.7 Å². The third-order valence-corrected chi connectivity index (χ3v) is 7.64. The molecule has 0 saturated carbocycles. The van der Waals surface area contributed by atoms with E-state index < -0.39 is 25.1 Å². The fourth-order valence-electron chi connectivity index (χ4n) is 5.10. The van der Waals surface area contributed by atoms with Crippen LogP contribution < -0.4 is 21.3 Å². The molecule has 5 N–H and O–H groups in total. The van der Waals surface area contributed by atoms with Crippen LogP contribution in [-0.2, 0) is 24.3 Å². The molecule has 1 atom stereocenters. The second-order valence-corrected chi connectivity index (χ2v) is 10.7. The molecule has 4 aromatic rings. The molecule has 0 radical (unpaired) electrons. The number of nitrogens with two attached hydrogens (primary N) is 1. The number of nitrogens with one attached hydrogen (secondary N) is 1. The number of rotatable bonds is 6. The Morgan fingerprint density at radius 3 is 2.73 bits per heavy atom. The molecule has 0 spiro atoms. The Balaban J connectivity index is 1.56. The molecular formula is C31H31BClFN6O5. The number of aromatic nitrogens is 3. The summed E-state index contributed by atoms with van der Waals surface area (Å²) in [6.07, 6.45) is 1.96. The van der Waals surface area contributed by atoms with E-state index in [0.717, 1.165) is 0 Å². The lowest BCUT2D eigenvalue weighted by Gasteiger charge is -2.23. The summed E-state index contributed by atoms with van der Waals surface area (Å²) in [6.45, 7) is 4.09. The van der Waals surface area contributed by atoms with Gasteiger partial charge in [0.05, 0.1) is 5.69 Å². The highest BCUT2D eigenvalue weighted by atomic mass is 35.5. The first-order valence-corrected chi connectivity index (χ1v) is 14.5. The van der Waals surface area contributed by atoms with E-state index in [1.54, 1.807) is 55.3 Å². The van der Waals surface area contributed by atoms with Crippen molar-refractivity contribution in [3.8, 4) is 17.0 Å².